The Morgan fingerprint density at radius 1 is 1.00 bits per heavy atom. The van der Waals surface area contributed by atoms with Gasteiger partial charge in [0.25, 0.3) is 0 Å². The summed E-state index contributed by atoms with van der Waals surface area (Å²) in [5.74, 6) is 0.617. The molecule has 156 valence electrons. The van der Waals surface area contributed by atoms with Crippen molar-refractivity contribution in [2.45, 2.75) is 19.9 Å². The van der Waals surface area contributed by atoms with E-state index < -0.39 is 0 Å². The Balaban J connectivity index is 1.47. The summed E-state index contributed by atoms with van der Waals surface area (Å²) in [6.45, 7) is 6.46. The highest BCUT2D eigenvalue weighted by molar-refractivity contribution is 6.30. The number of amides is 2. The number of hydrogen-bond acceptors (Lipinski definition) is 4. The normalized spacial score (nSPS) is 15.8. The first-order valence-corrected chi connectivity index (χ1v) is 10.4. The van der Waals surface area contributed by atoms with Crippen molar-refractivity contribution in [3.8, 4) is 0 Å². The first kappa shape index (κ1) is 20.4. The number of urea groups is 1. The summed E-state index contributed by atoms with van der Waals surface area (Å²) in [6.07, 6.45) is 0. The van der Waals surface area contributed by atoms with Gasteiger partial charge in [-0.3, -0.25) is 4.90 Å². The van der Waals surface area contributed by atoms with Gasteiger partial charge in [0.2, 0.25) is 0 Å². The lowest BCUT2D eigenvalue weighted by molar-refractivity contribution is 0.126. The molecule has 1 aliphatic heterocycles. The zero-order valence-electron chi connectivity index (χ0n) is 17.1. The predicted molar refractivity (Wildman–Crippen MR) is 118 cm³/mol. The number of hydrogen-bond donors (Lipinski definition) is 1. The maximum absolute atomic E-state index is 12.7. The molecule has 1 atom stereocenters. The van der Waals surface area contributed by atoms with Crippen LogP contribution in [0.1, 0.15) is 28.6 Å². The zero-order valence-corrected chi connectivity index (χ0v) is 17.9. The molecule has 0 spiro atoms. The molecule has 0 bridgehead atoms. The summed E-state index contributed by atoms with van der Waals surface area (Å²) in [5, 5.41) is 7.56. The SMILES string of the molecule is Cc1noc(C)c1NC(=O)N1CCN(C(c2ccccc2)c2ccc(Cl)cc2)CC1. The van der Waals surface area contributed by atoms with Gasteiger partial charge in [-0.15, -0.1) is 0 Å². The van der Waals surface area contributed by atoms with Crippen LogP contribution in [0.4, 0.5) is 10.5 Å². The van der Waals surface area contributed by atoms with E-state index in [1.807, 2.05) is 30.0 Å². The van der Waals surface area contributed by atoms with Crippen LogP contribution in [0.3, 0.4) is 0 Å². The van der Waals surface area contributed by atoms with Gasteiger partial charge >= 0.3 is 6.03 Å². The third kappa shape index (κ3) is 4.35. The van der Waals surface area contributed by atoms with Crippen LogP contribution in [0.2, 0.25) is 5.02 Å². The highest BCUT2D eigenvalue weighted by Crippen LogP contribution is 2.30. The van der Waals surface area contributed by atoms with E-state index in [1.54, 1.807) is 6.92 Å². The van der Waals surface area contributed by atoms with Gasteiger partial charge in [-0.05, 0) is 37.1 Å². The van der Waals surface area contributed by atoms with Gasteiger partial charge in [0, 0.05) is 31.2 Å². The molecule has 1 aliphatic rings. The van der Waals surface area contributed by atoms with Gasteiger partial charge in [0.1, 0.15) is 11.4 Å². The third-order valence-electron chi connectivity index (χ3n) is 5.53. The summed E-state index contributed by atoms with van der Waals surface area (Å²) in [7, 11) is 0. The monoisotopic (exact) mass is 424 g/mol. The second-order valence-electron chi connectivity index (χ2n) is 7.52. The Hall–Kier alpha value is -2.83. The largest absolute Gasteiger partial charge is 0.359 e. The lowest BCUT2D eigenvalue weighted by Gasteiger charge is -2.39. The number of piperazine rings is 1. The maximum atomic E-state index is 12.7. The number of anilines is 1. The van der Waals surface area contributed by atoms with E-state index in [4.69, 9.17) is 16.1 Å². The van der Waals surface area contributed by atoms with Crippen molar-refractivity contribution >= 4 is 23.3 Å². The van der Waals surface area contributed by atoms with Crippen molar-refractivity contribution in [2.75, 3.05) is 31.5 Å². The van der Waals surface area contributed by atoms with E-state index >= 15 is 0 Å². The van der Waals surface area contributed by atoms with Crippen molar-refractivity contribution in [2.24, 2.45) is 0 Å². The first-order valence-electron chi connectivity index (χ1n) is 10.1. The summed E-state index contributed by atoms with van der Waals surface area (Å²) in [5.41, 5.74) is 3.77. The molecule has 1 aromatic heterocycles. The van der Waals surface area contributed by atoms with Gasteiger partial charge in [-0.1, -0.05) is 59.2 Å². The van der Waals surface area contributed by atoms with E-state index in [9.17, 15) is 4.79 Å². The van der Waals surface area contributed by atoms with E-state index in [1.165, 1.54) is 11.1 Å². The molecular formula is C23H25ClN4O2. The molecule has 0 saturated carbocycles. The molecule has 1 N–H and O–H groups in total. The van der Waals surface area contributed by atoms with Crippen LogP contribution in [0.15, 0.2) is 59.1 Å². The van der Waals surface area contributed by atoms with E-state index in [0.717, 1.165) is 18.1 Å². The molecule has 0 radical (unpaired) electrons. The highest BCUT2D eigenvalue weighted by atomic mass is 35.5. The van der Waals surface area contributed by atoms with Crippen LogP contribution in [0, 0.1) is 13.8 Å². The van der Waals surface area contributed by atoms with E-state index in [2.05, 4.69) is 51.8 Å². The van der Waals surface area contributed by atoms with Gasteiger partial charge in [0.15, 0.2) is 5.76 Å². The minimum Gasteiger partial charge on any atom is -0.359 e. The summed E-state index contributed by atoms with van der Waals surface area (Å²) < 4.78 is 5.14. The quantitative estimate of drug-likeness (QED) is 0.648. The number of aromatic nitrogens is 1. The molecule has 6 nitrogen and oxygen atoms in total. The Morgan fingerprint density at radius 2 is 1.63 bits per heavy atom. The van der Waals surface area contributed by atoms with Crippen molar-refractivity contribution in [3.63, 3.8) is 0 Å². The fourth-order valence-corrected chi connectivity index (χ4v) is 4.05. The number of carbonyl (C=O) groups is 1. The summed E-state index contributed by atoms with van der Waals surface area (Å²) >= 11 is 6.11. The lowest BCUT2D eigenvalue weighted by atomic mass is 9.96. The van der Waals surface area contributed by atoms with Crippen LogP contribution in [0.25, 0.3) is 0 Å². The Labute approximate surface area is 181 Å². The fraction of sp³-hybridized carbons (Fsp3) is 0.304. The third-order valence-corrected chi connectivity index (χ3v) is 5.78. The van der Waals surface area contributed by atoms with Crippen LogP contribution in [0.5, 0.6) is 0 Å². The molecule has 1 fully saturated rings. The fourth-order valence-electron chi connectivity index (χ4n) is 3.93. The molecular weight excluding hydrogens is 400 g/mol. The minimum atomic E-state index is -0.119. The smallest absolute Gasteiger partial charge is 0.322 e. The predicted octanol–water partition coefficient (Wildman–Crippen LogP) is 4.88. The number of rotatable bonds is 4. The zero-order chi connectivity index (χ0) is 21.1. The molecule has 1 unspecified atom stereocenters. The van der Waals surface area contributed by atoms with Crippen molar-refractivity contribution in [3.05, 3.63) is 82.2 Å². The molecule has 3 aromatic rings. The summed E-state index contributed by atoms with van der Waals surface area (Å²) in [6, 6.07) is 18.5. The number of halogens is 1. The second-order valence-corrected chi connectivity index (χ2v) is 7.95. The number of aryl methyl sites for hydroxylation is 2. The molecule has 7 heteroatoms. The van der Waals surface area contributed by atoms with Gasteiger partial charge < -0.3 is 14.7 Å². The molecule has 2 aromatic carbocycles. The van der Waals surface area contributed by atoms with E-state index in [-0.39, 0.29) is 12.1 Å². The molecule has 30 heavy (non-hydrogen) atoms. The van der Waals surface area contributed by atoms with Crippen LogP contribution in [-0.4, -0.2) is 47.2 Å². The van der Waals surface area contributed by atoms with Crippen LogP contribution >= 0.6 is 11.6 Å². The average Bonchev–Trinajstić information content (AvgIpc) is 3.08. The molecule has 1 saturated heterocycles. The average molecular weight is 425 g/mol. The Bertz CT molecular complexity index is 976. The van der Waals surface area contributed by atoms with Crippen molar-refractivity contribution < 1.29 is 9.32 Å². The highest BCUT2D eigenvalue weighted by Gasteiger charge is 2.28. The number of nitrogens with zero attached hydrogens (tertiary/aromatic N) is 3. The molecule has 4 rings (SSSR count). The minimum absolute atomic E-state index is 0.119. The Morgan fingerprint density at radius 3 is 2.23 bits per heavy atom. The molecule has 2 amide bonds. The van der Waals surface area contributed by atoms with Crippen LogP contribution < -0.4 is 5.32 Å². The molecule has 2 heterocycles. The van der Waals surface area contributed by atoms with E-state index in [0.29, 0.717) is 30.2 Å². The Kier molecular flexibility index (Phi) is 6.06. The van der Waals surface area contributed by atoms with Crippen LogP contribution in [-0.2, 0) is 0 Å². The lowest BCUT2D eigenvalue weighted by Crippen LogP contribution is -2.51. The standard InChI is InChI=1S/C23H25ClN4O2/c1-16-21(17(2)30-26-16)25-23(29)28-14-12-27(13-15-28)22(18-6-4-3-5-7-18)19-8-10-20(24)11-9-19/h3-11,22H,12-15H2,1-2H3,(H,25,29). The van der Waals surface area contributed by atoms with Gasteiger partial charge in [-0.25, -0.2) is 4.79 Å². The van der Waals surface area contributed by atoms with Gasteiger partial charge in [0.05, 0.1) is 6.04 Å². The maximum Gasteiger partial charge on any atom is 0.322 e. The topological polar surface area (TPSA) is 61.6 Å². The number of benzene rings is 2. The first-order chi connectivity index (χ1) is 14.5. The van der Waals surface area contributed by atoms with Crippen molar-refractivity contribution in [1.82, 2.24) is 15.0 Å². The number of nitrogens with one attached hydrogen (secondary N) is 1. The van der Waals surface area contributed by atoms with Gasteiger partial charge in [-0.2, -0.15) is 0 Å². The second kappa shape index (κ2) is 8.90. The number of carbonyl (C=O) groups excluding carboxylic acids is 1. The van der Waals surface area contributed by atoms with Crippen molar-refractivity contribution in [1.29, 1.82) is 0 Å². The molecule has 0 aliphatic carbocycles. The summed E-state index contributed by atoms with van der Waals surface area (Å²) in [4.78, 5) is 17.0.